The lowest BCUT2D eigenvalue weighted by Crippen LogP contribution is -2.57. The Bertz CT molecular complexity index is 2180. The fourth-order valence-corrected chi connectivity index (χ4v) is 7.40. The number of thiazole rings is 1. The minimum Gasteiger partial charge on any atom is -0.504 e. The lowest BCUT2D eigenvalue weighted by molar-refractivity contribution is -0.140. The summed E-state index contributed by atoms with van der Waals surface area (Å²) in [7, 11) is 0. The van der Waals surface area contributed by atoms with Crippen LogP contribution in [0.15, 0.2) is 78.7 Å². The van der Waals surface area contributed by atoms with Gasteiger partial charge >= 0.3 is 0 Å². The number of aliphatic hydroxyl groups is 1. The Labute approximate surface area is 316 Å². The van der Waals surface area contributed by atoms with Crippen molar-refractivity contribution in [3.05, 3.63) is 95.8 Å². The molecule has 4 atom stereocenters. The first kappa shape index (κ1) is 38.1. The maximum atomic E-state index is 14.2. The van der Waals surface area contributed by atoms with Crippen LogP contribution in [0.2, 0.25) is 0 Å². The fraction of sp³-hybridized carbons (Fsp3) is 0.333. The van der Waals surface area contributed by atoms with Crippen molar-refractivity contribution in [2.24, 2.45) is 5.41 Å². The van der Waals surface area contributed by atoms with E-state index < -0.39 is 41.1 Å². The quantitative estimate of drug-likeness (QED) is 0.120. The second-order valence-corrected chi connectivity index (χ2v) is 15.5. The maximum absolute atomic E-state index is 14.2. The highest BCUT2D eigenvalue weighted by Crippen LogP contribution is 2.34. The molecule has 15 heteroatoms. The van der Waals surface area contributed by atoms with Crippen LogP contribution >= 0.6 is 11.3 Å². The Balaban J connectivity index is 1.12. The number of benzene rings is 2. The van der Waals surface area contributed by atoms with Crippen LogP contribution in [0.1, 0.15) is 51.4 Å². The van der Waals surface area contributed by atoms with Gasteiger partial charge < -0.3 is 31.5 Å². The zero-order valence-electron chi connectivity index (χ0n) is 30.7. The monoisotopic (exact) mass is 753 g/mol. The number of phenolic OH excluding ortho intramolecular Hbond substituents is 1. The molecule has 1 saturated heterocycles. The lowest BCUT2D eigenvalue weighted by atomic mass is 9.85. The van der Waals surface area contributed by atoms with Crippen molar-refractivity contribution in [2.45, 2.75) is 71.8 Å². The number of amides is 2. The van der Waals surface area contributed by atoms with E-state index in [0.29, 0.717) is 23.2 Å². The molecule has 0 unspecified atom stereocenters. The third-order valence-electron chi connectivity index (χ3n) is 9.54. The van der Waals surface area contributed by atoms with Crippen LogP contribution in [0.3, 0.4) is 0 Å². The normalized spacial score (nSPS) is 16.9. The molecular weight excluding hydrogens is 710 g/mol. The number of rotatable bonds is 11. The molecule has 1 aliphatic rings. The summed E-state index contributed by atoms with van der Waals surface area (Å²) in [6.07, 6.45) is 2.64. The Hall–Kier alpha value is -5.67. The first-order valence-electron chi connectivity index (χ1n) is 17.5. The molecule has 6 rings (SSSR count). The fourth-order valence-electron chi connectivity index (χ4n) is 6.59. The number of aromatic nitrogens is 5. The number of phenols is 1. The predicted octanol–water partition coefficient (Wildman–Crippen LogP) is 5.22. The van der Waals surface area contributed by atoms with Crippen molar-refractivity contribution in [1.29, 1.82) is 0 Å². The van der Waals surface area contributed by atoms with Crippen LogP contribution in [0.5, 0.6) is 5.75 Å². The molecule has 2 aromatic carbocycles. The van der Waals surface area contributed by atoms with E-state index in [0.717, 1.165) is 27.8 Å². The second-order valence-electron chi connectivity index (χ2n) is 14.6. The third-order valence-corrected chi connectivity index (χ3v) is 10.5. The van der Waals surface area contributed by atoms with Gasteiger partial charge in [-0.3, -0.25) is 14.3 Å². The largest absolute Gasteiger partial charge is 0.504 e. The number of hydrogen-bond acceptors (Lipinski definition) is 11. The number of hydrogen-bond donors (Lipinski definition) is 5. The number of aliphatic hydroxyl groups excluding tert-OH is 1. The van der Waals surface area contributed by atoms with Gasteiger partial charge in [-0.2, -0.15) is 5.10 Å². The van der Waals surface area contributed by atoms with Crippen LogP contribution in [-0.2, 0) is 16.1 Å². The Kier molecular flexibility index (Phi) is 10.8. The van der Waals surface area contributed by atoms with Gasteiger partial charge in [-0.25, -0.2) is 9.37 Å². The summed E-state index contributed by atoms with van der Waals surface area (Å²) in [4.78, 5) is 34.8. The third kappa shape index (κ3) is 8.11. The Morgan fingerprint density at radius 3 is 2.54 bits per heavy atom. The van der Waals surface area contributed by atoms with Crippen molar-refractivity contribution in [1.82, 2.24) is 40.5 Å². The van der Waals surface area contributed by atoms with Crippen LogP contribution in [0.25, 0.3) is 32.8 Å². The van der Waals surface area contributed by atoms with Crippen molar-refractivity contribution in [3.8, 4) is 38.6 Å². The van der Waals surface area contributed by atoms with E-state index in [1.54, 1.807) is 28.5 Å². The van der Waals surface area contributed by atoms with Crippen LogP contribution < -0.4 is 16.4 Å². The average Bonchev–Trinajstić information content (AvgIpc) is 3.88. The van der Waals surface area contributed by atoms with Gasteiger partial charge in [-0.15, -0.1) is 21.5 Å². The molecule has 1 fully saturated rings. The van der Waals surface area contributed by atoms with Gasteiger partial charge in [0.25, 0.3) is 0 Å². The molecule has 3 aromatic heterocycles. The second kappa shape index (κ2) is 15.4. The number of halogens is 1. The van der Waals surface area contributed by atoms with Crippen molar-refractivity contribution in [3.63, 3.8) is 0 Å². The molecule has 0 bridgehead atoms. The number of nitrogens with one attached hydrogen (secondary N) is 2. The van der Waals surface area contributed by atoms with Gasteiger partial charge in [-0.05, 0) is 48.6 Å². The maximum Gasteiger partial charge on any atom is 0.246 e. The number of nitrogens with zero attached hydrogens (tertiary/aromatic N) is 6. The molecule has 0 aliphatic carbocycles. The van der Waals surface area contributed by atoms with Crippen molar-refractivity contribution in [2.75, 3.05) is 12.3 Å². The number of aromatic hydroxyl groups is 1. The van der Waals surface area contributed by atoms with E-state index in [4.69, 9.17) is 5.73 Å². The summed E-state index contributed by atoms with van der Waals surface area (Å²) in [6, 6.07) is 12.3. The van der Waals surface area contributed by atoms with Gasteiger partial charge in [0.15, 0.2) is 17.4 Å². The predicted molar refractivity (Wildman–Crippen MR) is 205 cm³/mol. The van der Waals surface area contributed by atoms with E-state index in [1.165, 1.54) is 23.0 Å². The SMILES string of the molecule is C=C(N[C@@H](C)c1ccc(-c2scnc2C)cc1)[C@@H]1C[C@@H](O)CN1C(=O)[C@@H](NC(=O)Cn1cc(-c2cc(-c3cccc(F)c3O)nnc2N)cn1)C(C)(C)C. The summed E-state index contributed by atoms with van der Waals surface area (Å²) in [5.41, 5.74) is 12.2. The molecule has 6 N–H and O–H groups in total. The standard InChI is InChI=1S/C39H44FN9O4S/c1-21(24-10-12-25(13-11-24)35-23(3)42-20-54-35)44-22(2)32-14-27(50)18-49(32)38(53)36(39(4,5)6)45-33(51)19-48-17-26(16-43-48)29-15-31(46-47-37(29)41)28-8-7-9-30(40)34(28)52/h7-13,15-17,20-21,27,32,36,44,50,52H,2,14,18-19H2,1,3-6H3,(H2,41,47)(H,45,51)/t21-,27+,32-,36+/m0/s1. The minimum atomic E-state index is -0.928. The van der Waals surface area contributed by atoms with Crippen LogP contribution in [0.4, 0.5) is 10.2 Å². The first-order chi connectivity index (χ1) is 25.6. The molecule has 5 aromatic rings. The minimum absolute atomic E-state index is 0.0739. The molecule has 2 amide bonds. The smallest absolute Gasteiger partial charge is 0.246 e. The first-order valence-corrected chi connectivity index (χ1v) is 18.4. The number of nitrogen functional groups attached to an aromatic ring is 1. The molecule has 0 saturated carbocycles. The van der Waals surface area contributed by atoms with Crippen LogP contribution in [-0.4, -0.2) is 76.6 Å². The lowest BCUT2D eigenvalue weighted by Gasteiger charge is -2.36. The molecule has 4 heterocycles. The Morgan fingerprint density at radius 2 is 1.85 bits per heavy atom. The highest BCUT2D eigenvalue weighted by atomic mass is 32.1. The number of carbonyl (C=O) groups excluding carboxylic acids is 2. The van der Waals surface area contributed by atoms with Gasteiger partial charge in [0.2, 0.25) is 11.8 Å². The zero-order chi connectivity index (χ0) is 38.9. The summed E-state index contributed by atoms with van der Waals surface area (Å²) >= 11 is 1.60. The number of nitrogens with two attached hydrogens (primary N) is 1. The summed E-state index contributed by atoms with van der Waals surface area (Å²) in [5, 5.41) is 39.6. The van der Waals surface area contributed by atoms with Gasteiger partial charge in [0.1, 0.15) is 12.6 Å². The van der Waals surface area contributed by atoms with Crippen LogP contribution in [0, 0.1) is 18.2 Å². The topological polar surface area (TPSA) is 184 Å². The number of anilines is 1. The van der Waals surface area contributed by atoms with Crippen molar-refractivity contribution >= 4 is 29.0 Å². The van der Waals surface area contributed by atoms with E-state index in [1.807, 2.05) is 40.1 Å². The molecule has 282 valence electrons. The zero-order valence-corrected chi connectivity index (χ0v) is 31.6. The molecule has 54 heavy (non-hydrogen) atoms. The average molecular weight is 754 g/mol. The highest BCUT2D eigenvalue weighted by molar-refractivity contribution is 7.13. The number of carbonyl (C=O) groups is 2. The molecule has 1 aliphatic heterocycles. The number of β-amino-alcohol motifs (C(OH)–C–C–N with tert-alkyl or cyclic N) is 1. The number of aryl methyl sites for hydroxylation is 1. The molecule has 0 radical (unpaired) electrons. The number of likely N-dealkylation sites (tertiary alicyclic amines) is 1. The van der Waals surface area contributed by atoms with E-state index >= 15 is 0 Å². The summed E-state index contributed by atoms with van der Waals surface area (Å²) in [6.45, 7) is 13.8. The summed E-state index contributed by atoms with van der Waals surface area (Å²) in [5.74, 6) is -2.08. The van der Waals surface area contributed by atoms with E-state index in [9.17, 15) is 24.2 Å². The molecule has 0 spiro atoms. The van der Waals surface area contributed by atoms with Crippen molar-refractivity contribution < 1.29 is 24.2 Å². The Morgan fingerprint density at radius 1 is 1.11 bits per heavy atom. The number of para-hydroxylation sites is 1. The van der Waals surface area contributed by atoms with E-state index in [2.05, 4.69) is 61.8 Å². The molecule has 13 nitrogen and oxygen atoms in total. The summed E-state index contributed by atoms with van der Waals surface area (Å²) < 4.78 is 15.4. The van der Waals surface area contributed by atoms with Gasteiger partial charge in [-0.1, -0.05) is 57.7 Å². The highest BCUT2D eigenvalue weighted by Gasteiger charge is 2.43. The molecular formula is C39H44FN9O4S. The van der Waals surface area contributed by atoms with Gasteiger partial charge in [0.05, 0.1) is 40.1 Å². The van der Waals surface area contributed by atoms with Gasteiger partial charge in [0, 0.05) is 47.6 Å². The van der Waals surface area contributed by atoms with E-state index in [-0.39, 0.29) is 42.1 Å².